The third kappa shape index (κ3) is 4.75. The molecule has 0 aliphatic carbocycles. The fourth-order valence-corrected chi connectivity index (χ4v) is 3.21. The lowest BCUT2D eigenvalue weighted by Crippen LogP contribution is -2.50. The van der Waals surface area contributed by atoms with Crippen molar-refractivity contribution in [1.82, 2.24) is 20.4 Å². The van der Waals surface area contributed by atoms with Crippen molar-refractivity contribution in [1.29, 1.82) is 0 Å². The zero-order chi connectivity index (χ0) is 19.2. The Balaban J connectivity index is 1.37. The molecule has 0 aromatic heterocycles. The first-order valence-electron chi connectivity index (χ1n) is 8.87. The van der Waals surface area contributed by atoms with Gasteiger partial charge in [0.15, 0.2) is 0 Å². The van der Waals surface area contributed by atoms with Crippen molar-refractivity contribution in [3.63, 3.8) is 0 Å². The van der Waals surface area contributed by atoms with Crippen LogP contribution in [0.3, 0.4) is 0 Å². The summed E-state index contributed by atoms with van der Waals surface area (Å²) in [6.45, 7) is 0.884. The zero-order valence-corrected chi connectivity index (χ0v) is 14.8. The zero-order valence-electron chi connectivity index (χ0n) is 14.8. The number of alkyl carbamates (subject to hydrolysis) is 1. The molecule has 2 aliphatic rings. The van der Waals surface area contributed by atoms with E-state index in [1.807, 2.05) is 30.3 Å². The molecule has 2 N–H and O–H groups in total. The molecule has 0 saturated carbocycles. The molecule has 0 spiro atoms. The summed E-state index contributed by atoms with van der Waals surface area (Å²) >= 11 is 0. The second-order valence-electron chi connectivity index (χ2n) is 6.45. The normalized spacial score (nSPS) is 17.6. The van der Waals surface area contributed by atoms with Crippen LogP contribution in [0.1, 0.15) is 18.4 Å². The maximum absolute atomic E-state index is 12.2. The fourth-order valence-electron chi connectivity index (χ4n) is 3.21. The maximum atomic E-state index is 12.2. The highest BCUT2D eigenvalue weighted by molar-refractivity contribution is 6.02. The highest BCUT2D eigenvalue weighted by Gasteiger charge is 2.37. The number of hydrogen-bond acceptors (Lipinski definition) is 5. The molecule has 9 nitrogen and oxygen atoms in total. The third-order valence-corrected chi connectivity index (χ3v) is 4.66. The number of benzene rings is 1. The first-order valence-corrected chi connectivity index (χ1v) is 8.87. The first kappa shape index (κ1) is 18.7. The van der Waals surface area contributed by atoms with Crippen LogP contribution in [0.15, 0.2) is 30.3 Å². The predicted molar refractivity (Wildman–Crippen MR) is 94.5 cm³/mol. The predicted octanol–water partition coefficient (Wildman–Crippen LogP) is 0.456. The average Bonchev–Trinajstić information content (AvgIpc) is 3.03. The Labute approximate surface area is 156 Å². The van der Waals surface area contributed by atoms with Crippen molar-refractivity contribution >= 4 is 23.9 Å². The Morgan fingerprint density at radius 1 is 1.15 bits per heavy atom. The number of urea groups is 1. The molecule has 9 heteroatoms. The van der Waals surface area contributed by atoms with Gasteiger partial charge in [0.2, 0.25) is 11.8 Å². The molecular weight excluding hydrogens is 352 g/mol. The van der Waals surface area contributed by atoms with E-state index in [4.69, 9.17) is 4.74 Å². The van der Waals surface area contributed by atoms with E-state index < -0.39 is 6.09 Å². The Bertz CT molecular complexity index is 700. The van der Waals surface area contributed by atoms with E-state index in [0.717, 1.165) is 5.56 Å². The topological polar surface area (TPSA) is 108 Å². The highest BCUT2D eigenvalue weighted by atomic mass is 16.5. The average molecular weight is 374 g/mol. The molecule has 1 aromatic rings. The van der Waals surface area contributed by atoms with Crippen LogP contribution in [0.5, 0.6) is 0 Å². The van der Waals surface area contributed by atoms with Crippen LogP contribution >= 0.6 is 0 Å². The largest absolute Gasteiger partial charge is 0.445 e. The number of nitrogens with one attached hydrogen (secondary N) is 2. The monoisotopic (exact) mass is 374 g/mol. The summed E-state index contributed by atoms with van der Waals surface area (Å²) in [4.78, 5) is 50.2. The molecule has 0 bridgehead atoms. The summed E-state index contributed by atoms with van der Waals surface area (Å²) in [6, 6.07) is 8.70. The number of rotatable bonds is 5. The van der Waals surface area contributed by atoms with Crippen LogP contribution in [0.25, 0.3) is 0 Å². The molecule has 0 radical (unpaired) electrons. The summed E-state index contributed by atoms with van der Waals surface area (Å²) in [5.41, 5.74) is 0.863. The van der Waals surface area contributed by atoms with Gasteiger partial charge in [-0.3, -0.25) is 14.5 Å². The Morgan fingerprint density at radius 3 is 2.48 bits per heavy atom. The quantitative estimate of drug-likeness (QED) is 0.728. The van der Waals surface area contributed by atoms with E-state index in [-0.39, 0.29) is 43.6 Å². The van der Waals surface area contributed by atoms with Gasteiger partial charge in [-0.25, -0.2) is 9.59 Å². The van der Waals surface area contributed by atoms with E-state index in [2.05, 4.69) is 10.6 Å². The molecule has 144 valence electrons. The molecular formula is C18H22N4O5. The Hall–Kier alpha value is -3.10. The van der Waals surface area contributed by atoms with Gasteiger partial charge in [0.25, 0.3) is 0 Å². The van der Waals surface area contributed by atoms with E-state index in [1.165, 1.54) is 4.90 Å². The van der Waals surface area contributed by atoms with Gasteiger partial charge in [-0.15, -0.1) is 0 Å². The van der Waals surface area contributed by atoms with Crippen LogP contribution in [0.2, 0.25) is 0 Å². The molecule has 2 aliphatic heterocycles. The lowest BCUT2D eigenvalue weighted by Gasteiger charge is -2.35. The fraction of sp³-hybridized carbons (Fsp3) is 0.444. The second-order valence-corrected chi connectivity index (χ2v) is 6.45. The van der Waals surface area contributed by atoms with Gasteiger partial charge in [0.05, 0.1) is 6.54 Å². The maximum Gasteiger partial charge on any atom is 0.407 e. The number of ether oxygens (including phenoxy) is 1. The number of carbonyl (C=O) groups excluding carboxylic acids is 4. The van der Waals surface area contributed by atoms with E-state index in [9.17, 15) is 19.2 Å². The number of piperidine rings is 1. The summed E-state index contributed by atoms with van der Waals surface area (Å²) in [5, 5.41) is 4.95. The number of nitrogens with zero attached hydrogens (tertiary/aromatic N) is 2. The lowest BCUT2D eigenvalue weighted by atomic mass is 10.0. The summed E-state index contributed by atoms with van der Waals surface area (Å²) < 4.78 is 5.06. The van der Waals surface area contributed by atoms with E-state index >= 15 is 0 Å². The molecule has 27 heavy (non-hydrogen) atoms. The van der Waals surface area contributed by atoms with Crippen molar-refractivity contribution in [3.05, 3.63) is 35.9 Å². The smallest absolute Gasteiger partial charge is 0.407 e. The van der Waals surface area contributed by atoms with Gasteiger partial charge in [0.1, 0.15) is 13.2 Å². The number of imide groups is 1. The minimum absolute atomic E-state index is 0.0347. The summed E-state index contributed by atoms with van der Waals surface area (Å²) in [6.07, 6.45) is 0.411. The van der Waals surface area contributed by atoms with Crippen molar-refractivity contribution in [2.75, 3.05) is 26.2 Å². The molecule has 0 atom stereocenters. The van der Waals surface area contributed by atoms with Gasteiger partial charge in [-0.2, -0.15) is 0 Å². The van der Waals surface area contributed by atoms with Crippen LogP contribution in [0, 0.1) is 0 Å². The van der Waals surface area contributed by atoms with Crippen LogP contribution in [0.4, 0.5) is 9.59 Å². The van der Waals surface area contributed by atoms with Crippen molar-refractivity contribution < 1.29 is 23.9 Å². The van der Waals surface area contributed by atoms with Gasteiger partial charge < -0.3 is 20.3 Å². The number of likely N-dealkylation sites (tertiary alicyclic amines) is 1. The summed E-state index contributed by atoms with van der Waals surface area (Å²) in [5.74, 6) is -0.449. The van der Waals surface area contributed by atoms with Gasteiger partial charge in [0, 0.05) is 19.1 Å². The molecule has 2 heterocycles. The molecule has 5 amide bonds. The molecule has 2 saturated heterocycles. The van der Waals surface area contributed by atoms with Crippen LogP contribution in [-0.4, -0.2) is 66.0 Å². The van der Waals surface area contributed by atoms with Crippen LogP contribution in [-0.2, 0) is 20.9 Å². The van der Waals surface area contributed by atoms with E-state index in [1.54, 1.807) is 4.90 Å². The molecule has 3 rings (SSSR count). The third-order valence-electron chi connectivity index (χ3n) is 4.66. The van der Waals surface area contributed by atoms with E-state index in [0.29, 0.717) is 25.9 Å². The molecule has 0 unspecified atom stereocenters. The number of hydrogen-bond donors (Lipinski definition) is 2. The Kier molecular flexibility index (Phi) is 5.90. The SMILES string of the molecule is O=C(NCC(=O)N1CCC(N2C(=O)CNC2=O)CC1)OCc1ccccc1. The minimum Gasteiger partial charge on any atom is -0.445 e. The Morgan fingerprint density at radius 2 is 1.85 bits per heavy atom. The number of carbonyl (C=O) groups is 4. The first-order chi connectivity index (χ1) is 13.0. The van der Waals surface area contributed by atoms with Crippen molar-refractivity contribution in [2.24, 2.45) is 0 Å². The summed E-state index contributed by atoms with van der Waals surface area (Å²) in [7, 11) is 0. The van der Waals surface area contributed by atoms with Gasteiger partial charge >= 0.3 is 12.1 Å². The van der Waals surface area contributed by atoms with Crippen molar-refractivity contribution in [2.45, 2.75) is 25.5 Å². The standard InChI is InChI=1S/C18H22N4O5/c23-15(10-20-18(26)27-12-13-4-2-1-3-5-13)21-8-6-14(7-9-21)22-16(24)11-19-17(22)25/h1-5,14H,6-12H2,(H,19,25)(H,20,26). The minimum atomic E-state index is -0.651. The highest BCUT2D eigenvalue weighted by Crippen LogP contribution is 2.19. The van der Waals surface area contributed by atoms with Crippen molar-refractivity contribution in [3.8, 4) is 0 Å². The molecule has 1 aromatic carbocycles. The molecule has 2 fully saturated rings. The lowest BCUT2D eigenvalue weighted by molar-refractivity contribution is -0.132. The second kappa shape index (κ2) is 8.52. The number of amides is 5. The van der Waals surface area contributed by atoms with Gasteiger partial charge in [-0.05, 0) is 18.4 Å². The van der Waals surface area contributed by atoms with Gasteiger partial charge in [-0.1, -0.05) is 30.3 Å². The van der Waals surface area contributed by atoms with Crippen LogP contribution < -0.4 is 10.6 Å².